The molecule has 0 aliphatic carbocycles. The van der Waals surface area contributed by atoms with Crippen molar-refractivity contribution in [2.45, 2.75) is 40.0 Å². The number of aromatic amines is 1. The fourth-order valence-electron chi connectivity index (χ4n) is 2.58. The Morgan fingerprint density at radius 1 is 1.04 bits per heavy atom. The maximum Gasteiger partial charge on any atom is 0.268 e. The van der Waals surface area contributed by atoms with E-state index < -0.39 is 0 Å². The molecule has 0 aliphatic rings. The first-order valence-electron chi connectivity index (χ1n) is 8.73. The van der Waals surface area contributed by atoms with E-state index in [1.54, 1.807) is 34.9 Å². The second kappa shape index (κ2) is 8.77. The summed E-state index contributed by atoms with van der Waals surface area (Å²) in [4.78, 5) is 19.4. The van der Waals surface area contributed by atoms with Gasteiger partial charge in [-0.05, 0) is 28.5 Å². The van der Waals surface area contributed by atoms with Crippen LogP contribution in [0.15, 0.2) is 49.2 Å². The van der Waals surface area contributed by atoms with Crippen LogP contribution in [0.5, 0.6) is 0 Å². The normalized spacial score (nSPS) is 11.5. The lowest BCUT2D eigenvalue weighted by molar-refractivity contribution is 0.866. The van der Waals surface area contributed by atoms with Gasteiger partial charge >= 0.3 is 0 Å². The molecular weight excluding hydrogens is 429 g/mol. The maximum atomic E-state index is 12.0. The van der Waals surface area contributed by atoms with Crippen LogP contribution in [0.4, 0.5) is 0 Å². The molecule has 0 saturated carbocycles. The van der Waals surface area contributed by atoms with E-state index in [0.717, 1.165) is 19.9 Å². The van der Waals surface area contributed by atoms with E-state index in [4.69, 9.17) is 0 Å². The number of H-pyrrole nitrogens is 1. The van der Waals surface area contributed by atoms with Gasteiger partial charge in [-0.25, -0.2) is 4.98 Å². The first-order chi connectivity index (χ1) is 13.6. The Balaban J connectivity index is 1.34. The van der Waals surface area contributed by atoms with Crippen LogP contribution in [0.25, 0.3) is 10.2 Å². The molecule has 3 heterocycles. The largest absolute Gasteiger partial charge is 0.309 e. The van der Waals surface area contributed by atoms with E-state index in [9.17, 15) is 4.79 Å². The van der Waals surface area contributed by atoms with Gasteiger partial charge in [0.2, 0.25) is 0 Å². The van der Waals surface area contributed by atoms with Crippen LogP contribution in [0.2, 0.25) is 0 Å². The summed E-state index contributed by atoms with van der Waals surface area (Å²) in [5.74, 6) is 2.66. The molecule has 0 saturated heterocycles. The SMILES string of the molecule is CC(C)c1ccc(CSc2nnc(SCc3nc4ccsc4c(=O)[nH]3)s2)cc1. The molecule has 1 aromatic carbocycles. The highest BCUT2D eigenvalue weighted by Crippen LogP contribution is 2.32. The average Bonchev–Trinajstić information content (AvgIpc) is 3.34. The van der Waals surface area contributed by atoms with Gasteiger partial charge in [0.15, 0.2) is 8.68 Å². The van der Waals surface area contributed by atoms with Gasteiger partial charge < -0.3 is 4.98 Å². The van der Waals surface area contributed by atoms with Crippen molar-refractivity contribution in [3.63, 3.8) is 0 Å². The average molecular weight is 447 g/mol. The minimum Gasteiger partial charge on any atom is -0.309 e. The molecule has 0 fully saturated rings. The zero-order valence-corrected chi connectivity index (χ0v) is 18.6. The van der Waals surface area contributed by atoms with Gasteiger partial charge in [0.1, 0.15) is 10.5 Å². The Kier molecular flexibility index (Phi) is 6.15. The van der Waals surface area contributed by atoms with Gasteiger partial charge in [-0.2, -0.15) is 0 Å². The summed E-state index contributed by atoms with van der Waals surface area (Å²) in [5.41, 5.74) is 3.31. The predicted octanol–water partition coefficient (Wildman–Crippen LogP) is 5.54. The molecule has 4 rings (SSSR count). The van der Waals surface area contributed by atoms with E-state index in [1.807, 2.05) is 11.4 Å². The molecule has 0 unspecified atom stereocenters. The fourth-order valence-corrected chi connectivity index (χ4v) is 6.15. The highest BCUT2D eigenvalue weighted by molar-refractivity contribution is 8.02. The number of aromatic nitrogens is 4. The van der Waals surface area contributed by atoms with Crippen LogP contribution in [-0.2, 0) is 11.5 Å². The summed E-state index contributed by atoms with van der Waals surface area (Å²) in [7, 11) is 0. The van der Waals surface area contributed by atoms with Gasteiger partial charge in [-0.15, -0.1) is 21.5 Å². The summed E-state index contributed by atoms with van der Waals surface area (Å²) < 4.78 is 2.50. The van der Waals surface area contributed by atoms with E-state index in [1.165, 1.54) is 22.5 Å². The van der Waals surface area contributed by atoms with E-state index in [0.29, 0.717) is 22.2 Å². The topological polar surface area (TPSA) is 71.5 Å². The Bertz CT molecular complexity index is 1130. The third-order valence-electron chi connectivity index (χ3n) is 4.09. The zero-order chi connectivity index (χ0) is 19.5. The predicted molar refractivity (Wildman–Crippen MR) is 120 cm³/mol. The second-order valence-electron chi connectivity index (χ2n) is 6.46. The minimum atomic E-state index is -0.0763. The summed E-state index contributed by atoms with van der Waals surface area (Å²) >= 11 is 6.22. The van der Waals surface area contributed by atoms with Crippen LogP contribution in [0.3, 0.4) is 0 Å². The number of thioether (sulfide) groups is 2. The molecule has 28 heavy (non-hydrogen) atoms. The maximum absolute atomic E-state index is 12.0. The van der Waals surface area contributed by atoms with E-state index in [2.05, 4.69) is 58.3 Å². The molecular formula is C19H18N4OS4. The third kappa shape index (κ3) is 4.65. The molecule has 0 spiro atoms. The number of hydrogen-bond acceptors (Lipinski definition) is 8. The first-order valence-corrected chi connectivity index (χ1v) is 12.4. The molecule has 144 valence electrons. The number of benzene rings is 1. The molecule has 0 amide bonds. The molecule has 1 N–H and O–H groups in total. The quantitative estimate of drug-likeness (QED) is 0.376. The number of rotatable bonds is 7. The zero-order valence-electron chi connectivity index (χ0n) is 15.3. The molecule has 0 radical (unpaired) electrons. The number of nitrogens with zero attached hydrogens (tertiary/aromatic N) is 3. The molecule has 0 aliphatic heterocycles. The lowest BCUT2D eigenvalue weighted by atomic mass is 10.0. The van der Waals surface area contributed by atoms with Crippen molar-refractivity contribution in [2.24, 2.45) is 0 Å². The molecule has 3 aromatic heterocycles. The number of fused-ring (bicyclic) bond motifs is 1. The fraction of sp³-hybridized carbons (Fsp3) is 0.263. The second-order valence-corrected chi connectivity index (χ2v) is 10.8. The standard InChI is InChI=1S/C19H18N4OS4/c1-11(2)13-5-3-12(4-6-13)9-26-18-22-23-19(28-18)27-10-15-20-14-7-8-25-16(14)17(24)21-15/h3-8,11H,9-10H2,1-2H3,(H,20,21,24). The summed E-state index contributed by atoms with van der Waals surface area (Å²) in [6.45, 7) is 4.40. The van der Waals surface area contributed by atoms with Crippen molar-refractivity contribution in [2.75, 3.05) is 0 Å². The van der Waals surface area contributed by atoms with Crippen molar-refractivity contribution >= 4 is 56.4 Å². The Hall–Kier alpha value is -1.68. The smallest absolute Gasteiger partial charge is 0.268 e. The van der Waals surface area contributed by atoms with Crippen molar-refractivity contribution < 1.29 is 0 Å². The molecule has 9 heteroatoms. The highest BCUT2D eigenvalue weighted by atomic mass is 32.2. The van der Waals surface area contributed by atoms with E-state index in [-0.39, 0.29) is 5.56 Å². The highest BCUT2D eigenvalue weighted by Gasteiger charge is 2.09. The Morgan fingerprint density at radius 2 is 1.75 bits per heavy atom. The monoisotopic (exact) mass is 446 g/mol. The summed E-state index contributed by atoms with van der Waals surface area (Å²) in [5, 5.41) is 10.4. The van der Waals surface area contributed by atoms with Crippen LogP contribution < -0.4 is 5.56 Å². The number of thiophene rings is 1. The lowest BCUT2D eigenvalue weighted by Crippen LogP contribution is -2.09. The molecule has 0 bridgehead atoms. The van der Waals surface area contributed by atoms with Crippen molar-refractivity contribution in [3.05, 3.63) is 63.0 Å². The van der Waals surface area contributed by atoms with Crippen molar-refractivity contribution in [1.29, 1.82) is 0 Å². The Morgan fingerprint density at radius 3 is 2.46 bits per heavy atom. The summed E-state index contributed by atoms with van der Waals surface area (Å²) in [6.07, 6.45) is 0. The van der Waals surface area contributed by atoms with Crippen LogP contribution >= 0.6 is 46.2 Å². The molecule has 0 atom stereocenters. The Labute approximate surface area is 179 Å². The van der Waals surface area contributed by atoms with Gasteiger partial charge in [0.05, 0.1) is 11.3 Å². The van der Waals surface area contributed by atoms with Gasteiger partial charge in [0.25, 0.3) is 5.56 Å². The number of hydrogen-bond donors (Lipinski definition) is 1. The molecule has 5 nitrogen and oxygen atoms in total. The van der Waals surface area contributed by atoms with Crippen LogP contribution in [-0.4, -0.2) is 20.2 Å². The number of nitrogens with one attached hydrogen (secondary N) is 1. The summed E-state index contributed by atoms with van der Waals surface area (Å²) in [6, 6.07) is 10.6. The van der Waals surface area contributed by atoms with Crippen LogP contribution in [0, 0.1) is 0 Å². The molecule has 4 aromatic rings. The van der Waals surface area contributed by atoms with Gasteiger partial charge in [0, 0.05) is 5.75 Å². The van der Waals surface area contributed by atoms with Crippen LogP contribution in [0.1, 0.15) is 36.7 Å². The first kappa shape index (κ1) is 19.6. The van der Waals surface area contributed by atoms with Gasteiger partial charge in [-0.3, -0.25) is 4.79 Å². The minimum absolute atomic E-state index is 0.0763. The van der Waals surface area contributed by atoms with Crippen molar-refractivity contribution in [1.82, 2.24) is 20.2 Å². The van der Waals surface area contributed by atoms with E-state index >= 15 is 0 Å². The lowest BCUT2D eigenvalue weighted by Gasteiger charge is -2.05. The van der Waals surface area contributed by atoms with Gasteiger partial charge in [-0.1, -0.05) is 73.0 Å². The third-order valence-corrected chi connectivity index (χ3v) is 8.27. The van der Waals surface area contributed by atoms with Crippen molar-refractivity contribution in [3.8, 4) is 0 Å².